The Hall–Kier alpha value is -2.51. The van der Waals surface area contributed by atoms with Gasteiger partial charge in [-0.3, -0.25) is 4.79 Å². The Labute approximate surface area is 179 Å². The molecule has 1 amide bonds. The molecule has 0 radical (unpaired) electrons. The van der Waals surface area contributed by atoms with Crippen molar-refractivity contribution >= 4 is 29.3 Å². The van der Waals surface area contributed by atoms with Crippen LogP contribution in [0, 0.1) is 0 Å². The van der Waals surface area contributed by atoms with E-state index in [4.69, 9.17) is 16.3 Å². The molecule has 0 spiro atoms. The van der Waals surface area contributed by atoms with E-state index in [0.29, 0.717) is 16.7 Å². The number of halogens is 1. The zero-order chi connectivity index (χ0) is 20.8. The van der Waals surface area contributed by atoms with Crippen LogP contribution in [0.25, 0.3) is 11.4 Å². The number of benzene rings is 2. The third-order valence-corrected chi connectivity index (χ3v) is 5.68. The minimum Gasteiger partial charge on any atom is -0.497 e. The van der Waals surface area contributed by atoms with Gasteiger partial charge in [-0.15, -0.1) is 10.2 Å². The molecule has 1 heterocycles. The molecule has 2 aromatic carbocycles. The molecule has 0 bridgehead atoms. The predicted molar refractivity (Wildman–Crippen MR) is 116 cm³/mol. The smallest absolute Gasteiger partial charge is 0.230 e. The molecule has 1 unspecified atom stereocenters. The first-order valence-corrected chi connectivity index (χ1v) is 10.6. The van der Waals surface area contributed by atoms with Gasteiger partial charge < -0.3 is 14.6 Å². The van der Waals surface area contributed by atoms with Gasteiger partial charge in [0, 0.05) is 17.1 Å². The van der Waals surface area contributed by atoms with E-state index in [0.717, 1.165) is 22.7 Å². The Kier molecular flexibility index (Phi) is 7.17. The summed E-state index contributed by atoms with van der Waals surface area (Å²) in [6.07, 6.45) is 0. The Bertz CT molecular complexity index is 958. The fourth-order valence-corrected chi connectivity index (χ4v) is 3.82. The van der Waals surface area contributed by atoms with Crippen molar-refractivity contribution < 1.29 is 9.53 Å². The van der Waals surface area contributed by atoms with E-state index in [1.807, 2.05) is 66.9 Å². The van der Waals surface area contributed by atoms with Gasteiger partial charge in [0.25, 0.3) is 0 Å². The van der Waals surface area contributed by atoms with E-state index in [-0.39, 0.29) is 17.7 Å². The molecule has 152 valence electrons. The fourth-order valence-electron chi connectivity index (χ4n) is 2.88. The van der Waals surface area contributed by atoms with Crippen LogP contribution in [-0.2, 0) is 11.3 Å². The molecular weight excluding hydrogens is 408 g/mol. The zero-order valence-corrected chi connectivity index (χ0v) is 18.1. The lowest BCUT2D eigenvalue weighted by Gasteiger charge is -2.14. The summed E-state index contributed by atoms with van der Waals surface area (Å²) in [6, 6.07) is 15.0. The van der Waals surface area contributed by atoms with E-state index in [1.165, 1.54) is 11.8 Å². The van der Waals surface area contributed by atoms with Gasteiger partial charge in [0.15, 0.2) is 11.0 Å². The maximum absolute atomic E-state index is 12.4. The van der Waals surface area contributed by atoms with Crippen LogP contribution in [0.15, 0.2) is 53.7 Å². The van der Waals surface area contributed by atoms with Crippen LogP contribution in [0.4, 0.5) is 0 Å². The molecule has 1 N–H and O–H groups in total. The summed E-state index contributed by atoms with van der Waals surface area (Å²) in [5.74, 6) is 1.76. The number of methoxy groups -OCH3 is 1. The molecule has 1 atom stereocenters. The van der Waals surface area contributed by atoms with Gasteiger partial charge in [-0.25, -0.2) is 0 Å². The fraction of sp³-hybridized carbons (Fsp3) is 0.286. The number of hydrogen-bond donors (Lipinski definition) is 1. The summed E-state index contributed by atoms with van der Waals surface area (Å²) in [5.41, 5.74) is 1.96. The van der Waals surface area contributed by atoms with Crippen molar-refractivity contribution in [2.24, 2.45) is 0 Å². The van der Waals surface area contributed by atoms with Crippen molar-refractivity contribution in [3.05, 3.63) is 59.1 Å². The highest BCUT2D eigenvalue weighted by atomic mass is 35.5. The van der Waals surface area contributed by atoms with Crippen LogP contribution in [0.2, 0.25) is 5.02 Å². The summed E-state index contributed by atoms with van der Waals surface area (Å²) in [6.45, 7) is 4.69. The molecule has 8 heteroatoms. The molecule has 1 aromatic heterocycles. The van der Waals surface area contributed by atoms with Crippen molar-refractivity contribution in [2.45, 2.75) is 31.6 Å². The summed E-state index contributed by atoms with van der Waals surface area (Å²) in [7, 11) is 1.64. The minimum atomic E-state index is -0.0979. The molecule has 29 heavy (non-hydrogen) atoms. The van der Waals surface area contributed by atoms with E-state index in [1.54, 1.807) is 7.11 Å². The van der Waals surface area contributed by atoms with Crippen LogP contribution in [0.5, 0.6) is 5.75 Å². The van der Waals surface area contributed by atoms with E-state index in [9.17, 15) is 4.79 Å². The summed E-state index contributed by atoms with van der Waals surface area (Å²) in [4.78, 5) is 12.4. The third kappa shape index (κ3) is 5.31. The second kappa shape index (κ2) is 9.80. The molecule has 3 rings (SSSR count). The number of aromatic nitrogens is 3. The van der Waals surface area contributed by atoms with Crippen molar-refractivity contribution in [3.8, 4) is 17.1 Å². The lowest BCUT2D eigenvalue weighted by atomic mass is 10.1. The normalized spacial score (nSPS) is 11.9. The van der Waals surface area contributed by atoms with Crippen molar-refractivity contribution in [2.75, 3.05) is 12.9 Å². The Morgan fingerprint density at radius 3 is 2.48 bits per heavy atom. The maximum atomic E-state index is 12.4. The van der Waals surface area contributed by atoms with Crippen LogP contribution in [-0.4, -0.2) is 33.5 Å². The van der Waals surface area contributed by atoms with Crippen molar-refractivity contribution in [1.29, 1.82) is 0 Å². The van der Waals surface area contributed by atoms with Gasteiger partial charge in [-0.1, -0.05) is 35.5 Å². The molecule has 0 saturated carbocycles. The summed E-state index contributed by atoms with van der Waals surface area (Å²) >= 11 is 7.29. The SMILES string of the molecule is CCn1c(SCC(=O)NC(C)c2ccc(Cl)cc2)nnc1-c1ccc(OC)cc1. The van der Waals surface area contributed by atoms with Crippen molar-refractivity contribution in [3.63, 3.8) is 0 Å². The van der Waals surface area contributed by atoms with E-state index < -0.39 is 0 Å². The molecule has 0 saturated heterocycles. The average Bonchev–Trinajstić information content (AvgIpc) is 3.15. The topological polar surface area (TPSA) is 69.0 Å². The van der Waals surface area contributed by atoms with Gasteiger partial charge in [0.2, 0.25) is 5.91 Å². The maximum Gasteiger partial charge on any atom is 0.230 e. The van der Waals surface area contributed by atoms with Crippen LogP contribution < -0.4 is 10.1 Å². The number of thioether (sulfide) groups is 1. The highest BCUT2D eigenvalue weighted by molar-refractivity contribution is 7.99. The van der Waals surface area contributed by atoms with Crippen molar-refractivity contribution in [1.82, 2.24) is 20.1 Å². The molecule has 0 aliphatic rings. The highest BCUT2D eigenvalue weighted by Gasteiger charge is 2.16. The largest absolute Gasteiger partial charge is 0.497 e. The number of ether oxygens (including phenoxy) is 1. The average molecular weight is 431 g/mol. The number of nitrogens with one attached hydrogen (secondary N) is 1. The lowest BCUT2D eigenvalue weighted by molar-refractivity contribution is -0.119. The number of nitrogens with zero attached hydrogens (tertiary/aromatic N) is 3. The quantitative estimate of drug-likeness (QED) is 0.529. The monoisotopic (exact) mass is 430 g/mol. The van der Waals surface area contributed by atoms with E-state index in [2.05, 4.69) is 15.5 Å². The number of rotatable bonds is 8. The lowest BCUT2D eigenvalue weighted by Crippen LogP contribution is -2.28. The molecule has 6 nitrogen and oxygen atoms in total. The standard InChI is InChI=1S/C21H23ClN4O2S/c1-4-26-20(16-7-11-18(28-3)12-8-16)24-25-21(26)29-13-19(27)23-14(2)15-5-9-17(22)10-6-15/h5-12,14H,4,13H2,1-3H3,(H,23,27). The Morgan fingerprint density at radius 2 is 1.86 bits per heavy atom. The Morgan fingerprint density at radius 1 is 1.17 bits per heavy atom. The zero-order valence-electron chi connectivity index (χ0n) is 16.6. The molecule has 0 aliphatic carbocycles. The van der Waals surface area contributed by atoms with Crippen LogP contribution in [0.1, 0.15) is 25.5 Å². The first-order chi connectivity index (χ1) is 14.0. The highest BCUT2D eigenvalue weighted by Crippen LogP contribution is 2.25. The Balaban J connectivity index is 1.63. The first kappa shape index (κ1) is 21.2. The van der Waals surface area contributed by atoms with Gasteiger partial charge in [0.05, 0.1) is 18.9 Å². The number of carbonyl (C=O) groups excluding carboxylic acids is 1. The van der Waals surface area contributed by atoms with Gasteiger partial charge in [0.1, 0.15) is 5.75 Å². The predicted octanol–water partition coefficient (Wildman–Crippen LogP) is 4.60. The number of carbonyl (C=O) groups is 1. The van der Waals surface area contributed by atoms with E-state index >= 15 is 0 Å². The summed E-state index contributed by atoms with van der Waals surface area (Å²) in [5, 5.41) is 13.0. The number of amides is 1. The second-order valence-corrected chi connectivity index (χ2v) is 7.79. The summed E-state index contributed by atoms with van der Waals surface area (Å²) < 4.78 is 7.21. The molecule has 0 aliphatic heterocycles. The van der Waals surface area contributed by atoms with Gasteiger partial charge in [-0.2, -0.15) is 0 Å². The number of hydrogen-bond acceptors (Lipinski definition) is 5. The van der Waals surface area contributed by atoms with Crippen LogP contribution in [0.3, 0.4) is 0 Å². The minimum absolute atomic E-state index is 0.0610. The first-order valence-electron chi connectivity index (χ1n) is 9.27. The van der Waals surface area contributed by atoms with Gasteiger partial charge >= 0.3 is 0 Å². The molecule has 0 fully saturated rings. The third-order valence-electron chi connectivity index (χ3n) is 4.46. The molecular formula is C21H23ClN4O2S. The molecule has 3 aromatic rings. The van der Waals surface area contributed by atoms with Crippen LogP contribution >= 0.6 is 23.4 Å². The van der Waals surface area contributed by atoms with Gasteiger partial charge in [-0.05, 0) is 55.8 Å². The second-order valence-electron chi connectivity index (χ2n) is 6.41.